The number of para-hydroxylation sites is 1. The van der Waals surface area contributed by atoms with E-state index >= 15 is 0 Å². The highest BCUT2D eigenvalue weighted by Crippen LogP contribution is 2.16. The van der Waals surface area contributed by atoms with E-state index in [9.17, 15) is 9.59 Å². The zero-order chi connectivity index (χ0) is 21.1. The molecule has 2 rings (SSSR count). The number of carbonyl (C=O) groups is 1. The van der Waals surface area contributed by atoms with Crippen molar-refractivity contribution < 1.29 is 14.6 Å². The van der Waals surface area contributed by atoms with Gasteiger partial charge < -0.3 is 9.84 Å². The van der Waals surface area contributed by atoms with Crippen LogP contribution < -0.4 is 10.3 Å². The molecule has 0 radical (unpaired) electrons. The second-order valence-electron chi connectivity index (χ2n) is 6.53. The molecule has 0 amide bonds. The fraction of sp³-hybridized carbons (Fsp3) is 0.450. The molecule has 29 heavy (non-hydrogen) atoms. The number of aliphatic carboxylic acids is 1. The first kappa shape index (κ1) is 22.5. The summed E-state index contributed by atoms with van der Waals surface area (Å²) in [5.41, 5.74) is 0.238. The summed E-state index contributed by atoms with van der Waals surface area (Å²) in [5.74, 6) is -0.334. The number of H-pyrrole nitrogens is 1. The molecular weight excluding hydrogens is 392 g/mol. The van der Waals surface area contributed by atoms with E-state index in [0.717, 1.165) is 17.5 Å². The summed E-state index contributed by atoms with van der Waals surface area (Å²) in [4.78, 5) is 23.2. The lowest BCUT2D eigenvalue weighted by molar-refractivity contribution is -0.136. The van der Waals surface area contributed by atoms with Gasteiger partial charge in [-0.2, -0.15) is 14.9 Å². The Hall–Kier alpha value is -2.81. The average Bonchev–Trinajstić information content (AvgIpc) is 2.70. The van der Waals surface area contributed by atoms with Crippen LogP contribution in [0.4, 0.5) is 0 Å². The maximum atomic E-state index is 12.5. The molecule has 0 aliphatic heterocycles. The second-order valence-corrected chi connectivity index (χ2v) is 6.92. The summed E-state index contributed by atoms with van der Waals surface area (Å²) >= 11 is 5.09. The Morgan fingerprint density at radius 1 is 1.31 bits per heavy atom. The molecular formula is C20H26N4O4S. The van der Waals surface area contributed by atoms with Crippen molar-refractivity contribution in [3.05, 3.63) is 50.6 Å². The fourth-order valence-electron chi connectivity index (χ4n) is 2.64. The zero-order valence-electron chi connectivity index (χ0n) is 16.5. The van der Waals surface area contributed by atoms with Gasteiger partial charge in [-0.15, -0.1) is 0 Å². The Morgan fingerprint density at radius 3 is 2.83 bits per heavy atom. The van der Waals surface area contributed by atoms with Crippen LogP contribution in [-0.4, -0.2) is 38.8 Å². The van der Waals surface area contributed by atoms with Crippen LogP contribution in [0.5, 0.6) is 5.75 Å². The first-order valence-corrected chi connectivity index (χ1v) is 10.1. The van der Waals surface area contributed by atoms with E-state index in [-0.39, 0.29) is 23.3 Å². The number of hydrogen-bond donors (Lipinski definition) is 2. The van der Waals surface area contributed by atoms with Crippen LogP contribution in [0.2, 0.25) is 0 Å². The monoisotopic (exact) mass is 418 g/mol. The Labute approximate surface area is 174 Å². The SMILES string of the molecule is CCCCCCCOc1ccccc1/C=N\n1c(=S)[nH]nc(CCC(=O)O)c1=O. The number of aryl methyl sites for hydroxylation is 1. The minimum absolute atomic E-state index is 0.00642. The molecule has 0 aliphatic rings. The summed E-state index contributed by atoms with van der Waals surface area (Å²) in [6.07, 6.45) is 7.04. The van der Waals surface area contributed by atoms with Crippen LogP contribution in [0.3, 0.4) is 0 Å². The van der Waals surface area contributed by atoms with Crippen molar-refractivity contribution in [1.82, 2.24) is 14.9 Å². The molecule has 0 aliphatic carbocycles. The van der Waals surface area contributed by atoms with E-state index < -0.39 is 11.5 Å². The van der Waals surface area contributed by atoms with Gasteiger partial charge in [0, 0.05) is 12.0 Å². The predicted octanol–water partition coefficient (Wildman–Crippen LogP) is 3.55. The zero-order valence-corrected chi connectivity index (χ0v) is 17.3. The normalized spacial score (nSPS) is 11.1. The smallest absolute Gasteiger partial charge is 0.303 e. The lowest BCUT2D eigenvalue weighted by Gasteiger charge is -2.09. The summed E-state index contributed by atoms with van der Waals surface area (Å²) in [5, 5.41) is 19.3. The number of aromatic amines is 1. The molecule has 2 N–H and O–H groups in total. The van der Waals surface area contributed by atoms with Gasteiger partial charge >= 0.3 is 5.97 Å². The maximum absolute atomic E-state index is 12.5. The third-order valence-electron chi connectivity index (χ3n) is 4.23. The second kappa shape index (κ2) is 11.9. The van der Waals surface area contributed by atoms with Crippen LogP contribution in [-0.2, 0) is 11.2 Å². The highest BCUT2D eigenvalue weighted by molar-refractivity contribution is 7.71. The molecule has 0 unspecified atom stereocenters. The van der Waals surface area contributed by atoms with Crippen LogP contribution in [0, 0.1) is 4.77 Å². The standard InChI is InChI=1S/C20H26N4O4S/c1-2-3-4-5-8-13-28-17-10-7-6-9-15(17)14-21-24-19(27)16(11-12-18(25)26)22-23-20(24)29/h6-7,9-10,14H,2-5,8,11-13H2,1H3,(H,23,29)(H,25,26)/b21-14-. The van der Waals surface area contributed by atoms with Crippen molar-refractivity contribution in [3.8, 4) is 5.75 Å². The summed E-state index contributed by atoms with van der Waals surface area (Å²) in [6.45, 7) is 2.80. The van der Waals surface area contributed by atoms with Gasteiger partial charge in [0.25, 0.3) is 5.56 Å². The molecule has 0 spiro atoms. The molecule has 0 atom stereocenters. The molecule has 9 heteroatoms. The highest BCUT2D eigenvalue weighted by Gasteiger charge is 2.09. The number of benzene rings is 1. The molecule has 1 aromatic heterocycles. The summed E-state index contributed by atoms with van der Waals surface area (Å²) in [6, 6.07) is 7.41. The molecule has 0 bridgehead atoms. The van der Waals surface area contributed by atoms with Crippen LogP contribution in [0.25, 0.3) is 0 Å². The number of carboxylic acids is 1. The summed E-state index contributed by atoms with van der Waals surface area (Å²) in [7, 11) is 0. The van der Waals surface area contributed by atoms with Crippen molar-refractivity contribution in [1.29, 1.82) is 0 Å². The minimum Gasteiger partial charge on any atom is -0.493 e. The molecule has 0 saturated carbocycles. The van der Waals surface area contributed by atoms with Crippen molar-refractivity contribution in [2.75, 3.05) is 6.61 Å². The molecule has 0 saturated heterocycles. The van der Waals surface area contributed by atoms with Crippen molar-refractivity contribution in [2.45, 2.75) is 51.9 Å². The summed E-state index contributed by atoms with van der Waals surface area (Å²) < 4.78 is 6.89. The molecule has 156 valence electrons. The van der Waals surface area contributed by atoms with Gasteiger partial charge in [-0.25, -0.2) is 0 Å². The average molecular weight is 419 g/mol. The first-order valence-electron chi connectivity index (χ1n) is 9.71. The molecule has 1 aromatic carbocycles. The number of carboxylic acid groups (broad SMARTS) is 1. The highest BCUT2D eigenvalue weighted by atomic mass is 32.1. The number of aromatic nitrogens is 3. The minimum atomic E-state index is -1.01. The van der Waals surface area contributed by atoms with Gasteiger partial charge in [0.2, 0.25) is 4.77 Å². The Morgan fingerprint density at radius 2 is 2.07 bits per heavy atom. The maximum Gasteiger partial charge on any atom is 0.303 e. The molecule has 1 heterocycles. The lowest BCUT2D eigenvalue weighted by Crippen LogP contribution is -2.25. The number of rotatable bonds is 12. The number of unbranched alkanes of at least 4 members (excludes halogenated alkanes) is 4. The van der Waals surface area contributed by atoms with Crippen molar-refractivity contribution in [3.63, 3.8) is 0 Å². The van der Waals surface area contributed by atoms with Gasteiger partial charge in [-0.1, -0.05) is 44.7 Å². The van der Waals surface area contributed by atoms with E-state index in [4.69, 9.17) is 22.1 Å². The van der Waals surface area contributed by atoms with Gasteiger partial charge in [-0.3, -0.25) is 14.7 Å². The number of ether oxygens (including phenoxy) is 1. The van der Waals surface area contributed by atoms with Crippen molar-refractivity contribution >= 4 is 24.4 Å². The molecule has 2 aromatic rings. The third-order valence-corrected chi connectivity index (χ3v) is 4.49. The third kappa shape index (κ3) is 7.26. The van der Waals surface area contributed by atoms with Crippen LogP contribution in [0.1, 0.15) is 56.7 Å². The Balaban J connectivity index is 2.12. The van der Waals surface area contributed by atoms with E-state index in [1.807, 2.05) is 24.3 Å². The van der Waals surface area contributed by atoms with Gasteiger partial charge in [0.05, 0.1) is 19.2 Å². The van der Waals surface area contributed by atoms with Gasteiger partial charge in [0.1, 0.15) is 11.4 Å². The Kier molecular flexibility index (Phi) is 9.23. The largest absolute Gasteiger partial charge is 0.493 e. The molecule has 0 fully saturated rings. The van der Waals surface area contributed by atoms with Crippen LogP contribution in [0.15, 0.2) is 34.2 Å². The van der Waals surface area contributed by atoms with Gasteiger partial charge in [0.15, 0.2) is 0 Å². The number of hydrogen-bond acceptors (Lipinski definition) is 6. The first-order chi connectivity index (χ1) is 14.0. The molecule has 8 nitrogen and oxygen atoms in total. The number of nitrogens with one attached hydrogen (secondary N) is 1. The quantitative estimate of drug-likeness (QED) is 0.310. The number of nitrogens with zero attached hydrogens (tertiary/aromatic N) is 3. The van der Waals surface area contributed by atoms with E-state index in [1.165, 1.54) is 25.5 Å². The van der Waals surface area contributed by atoms with Crippen LogP contribution >= 0.6 is 12.2 Å². The Bertz CT molecular complexity index is 952. The predicted molar refractivity (Wildman–Crippen MR) is 113 cm³/mol. The van der Waals surface area contributed by atoms with E-state index in [0.29, 0.717) is 17.9 Å². The van der Waals surface area contributed by atoms with Gasteiger partial charge in [-0.05, 0) is 30.8 Å². The van der Waals surface area contributed by atoms with E-state index in [1.54, 1.807) is 0 Å². The lowest BCUT2D eigenvalue weighted by atomic mass is 10.2. The fourth-order valence-corrected chi connectivity index (χ4v) is 2.82. The van der Waals surface area contributed by atoms with E-state index in [2.05, 4.69) is 22.2 Å². The topological polar surface area (TPSA) is 110 Å². The van der Waals surface area contributed by atoms with Crippen molar-refractivity contribution in [2.24, 2.45) is 5.10 Å².